The first-order valence-corrected chi connectivity index (χ1v) is 7.81. The van der Waals surface area contributed by atoms with Crippen LogP contribution in [0.5, 0.6) is 0 Å². The first kappa shape index (κ1) is 16.4. The van der Waals surface area contributed by atoms with Crippen molar-refractivity contribution in [2.75, 3.05) is 20.1 Å². The molecule has 5 nitrogen and oxygen atoms in total. The van der Waals surface area contributed by atoms with E-state index in [0.717, 1.165) is 49.0 Å². The average Bonchev–Trinajstić information content (AvgIpc) is 3.05. The molecule has 118 valence electrons. The van der Waals surface area contributed by atoms with Gasteiger partial charge in [-0.3, -0.25) is 4.99 Å². The van der Waals surface area contributed by atoms with Gasteiger partial charge in [0.2, 0.25) is 0 Å². The van der Waals surface area contributed by atoms with Gasteiger partial charge in [-0.15, -0.1) is 0 Å². The van der Waals surface area contributed by atoms with E-state index in [1.807, 2.05) is 36.8 Å². The molecule has 0 amide bonds. The van der Waals surface area contributed by atoms with Crippen molar-refractivity contribution in [2.24, 2.45) is 4.99 Å². The molecular formula is C16H22ClN5. The lowest BCUT2D eigenvalue weighted by atomic mass is 10.1. The summed E-state index contributed by atoms with van der Waals surface area (Å²) in [5.74, 6) is 0.817. The number of nitrogens with one attached hydrogen (secondary N) is 2. The predicted octanol–water partition coefficient (Wildman–Crippen LogP) is 2.33. The highest BCUT2D eigenvalue weighted by atomic mass is 35.5. The second-order valence-corrected chi connectivity index (χ2v) is 5.33. The Morgan fingerprint density at radius 2 is 2.09 bits per heavy atom. The lowest BCUT2D eigenvalue weighted by Gasteiger charge is -2.12. The molecule has 0 fully saturated rings. The van der Waals surface area contributed by atoms with Gasteiger partial charge < -0.3 is 15.2 Å². The summed E-state index contributed by atoms with van der Waals surface area (Å²) in [7, 11) is 1.78. The number of halogens is 1. The van der Waals surface area contributed by atoms with E-state index in [9.17, 15) is 0 Å². The van der Waals surface area contributed by atoms with Gasteiger partial charge in [0.1, 0.15) is 0 Å². The first-order chi connectivity index (χ1) is 10.8. The Bertz CT molecular complexity index is 580. The van der Waals surface area contributed by atoms with Crippen LogP contribution in [0.4, 0.5) is 0 Å². The molecule has 0 radical (unpaired) electrons. The zero-order chi connectivity index (χ0) is 15.6. The minimum Gasteiger partial charge on any atom is -0.356 e. The molecule has 2 rings (SSSR count). The molecule has 6 heteroatoms. The second kappa shape index (κ2) is 9.10. The molecule has 1 heterocycles. The van der Waals surface area contributed by atoms with E-state index >= 15 is 0 Å². The third kappa shape index (κ3) is 5.41. The fourth-order valence-electron chi connectivity index (χ4n) is 2.12. The summed E-state index contributed by atoms with van der Waals surface area (Å²) in [5.41, 5.74) is 1.15. The number of guanidine groups is 1. The molecule has 2 aromatic rings. The van der Waals surface area contributed by atoms with Crippen LogP contribution in [0.3, 0.4) is 0 Å². The monoisotopic (exact) mass is 319 g/mol. The summed E-state index contributed by atoms with van der Waals surface area (Å²) < 4.78 is 2.06. The second-order valence-electron chi connectivity index (χ2n) is 4.92. The Morgan fingerprint density at radius 1 is 1.27 bits per heavy atom. The van der Waals surface area contributed by atoms with Crippen molar-refractivity contribution < 1.29 is 0 Å². The van der Waals surface area contributed by atoms with E-state index in [1.54, 1.807) is 13.2 Å². The summed E-state index contributed by atoms with van der Waals surface area (Å²) in [4.78, 5) is 8.24. The number of rotatable bonds is 7. The van der Waals surface area contributed by atoms with E-state index in [1.165, 1.54) is 0 Å². The number of aliphatic imine (C=N–C) groups is 1. The van der Waals surface area contributed by atoms with Gasteiger partial charge in [0.15, 0.2) is 5.96 Å². The fourth-order valence-corrected chi connectivity index (χ4v) is 2.35. The molecule has 0 aliphatic heterocycles. The highest BCUT2D eigenvalue weighted by Crippen LogP contribution is 2.14. The third-order valence-corrected chi connectivity index (χ3v) is 3.68. The maximum absolute atomic E-state index is 6.14. The van der Waals surface area contributed by atoms with Crippen LogP contribution < -0.4 is 10.6 Å². The maximum atomic E-state index is 6.14. The van der Waals surface area contributed by atoms with E-state index in [0.29, 0.717) is 0 Å². The van der Waals surface area contributed by atoms with Gasteiger partial charge in [-0.2, -0.15) is 0 Å². The maximum Gasteiger partial charge on any atom is 0.190 e. The number of aryl methyl sites for hydroxylation is 1. The van der Waals surface area contributed by atoms with Crippen molar-refractivity contribution in [3.8, 4) is 0 Å². The smallest absolute Gasteiger partial charge is 0.190 e. The van der Waals surface area contributed by atoms with Crippen molar-refractivity contribution in [2.45, 2.75) is 19.4 Å². The highest BCUT2D eigenvalue weighted by Gasteiger charge is 2.00. The molecule has 0 saturated carbocycles. The van der Waals surface area contributed by atoms with Gasteiger partial charge in [0.05, 0.1) is 6.33 Å². The van der Waals surface area contributed by atoms with Crippen LogP contribution in [0, 0.1) is 0 Å². The predicted molar refractivity (Wildman–Crippen MR) is 91.4 cm³/mol. The summed E-state index contributed by atoms with van der Waals surface area (Å²) in [6, 6.07) is 7.91. The molecule has 1 aromatic carbocycles. The molecule has 1 aromatic heterocycles. The quantitative estimate of drug-likeness (QED) is 0.468. The molecular weight excluding hydrogens is 298 g/mol. The molecule has 0 atom stereocenters. The summed E-state index contributed by atoms with van der Waals surface area (Å²) in [5, 5.41) is 7.42. The van der Waals surface area contributed by atoms with Crippen molar-refractivity contribution in [1.29, 1.82) is 0 Å². The van der Waals surface area contributed by atoms with E-state index in [4.69, 9.17) is 11.6 Å². The minimum atomic E-state index is 0.797. The van der Waals surface area contributed by atoms with Gasteiger partial charge in [-0.25, -0.2) is 4.98 Å². The lowest BCUT2D eigenvalue weighted by Crippen LogP contribution is -2.39. The van der Waals surface area contributed by atoms with Gasteiger partial charge >= 0.3 is 0 Å². The normalized spacial score (nSPS) is 11.5. The van der Waals surface area contributed by atoms with Crippen LogP contribution in [0.25, 0.3) is 0 Å². The molecule has 0 spiro atoms. The van der Waals surface area contributed by atoms with E-state index < -0.39 is 0 Å². The topological polar surface area (TPSA) is 54.2 Å². The Morgan fingerprint density at radius 3 is 2.82 bits per heavy atom. The van der Waals surface area contributed by atoms with Crippen LogP contribution in [0.1, 0.15) is 12.0 Å². The van der Waals surface area contributed by atoms with Gasteiger partial charge in [-0.05, 0) is 24.5 Å². The highest BCUT2D eigenvalue weighted by molar-refractivity contribution is 6.31. The molecule has 22 heavy (non-hydrogen) atoms. The van der Waals surface area contributed by atoms with Crippen LogP contribution in [0.2, 0.25) is 5.02 Å². The van der Waals surface area contributed by atoms with Crippen molar-refractivity contribution >= 4 is 17.6 Å². The molecule has 0 bridgehead atoms. The van der Waals surface area contributed by atoms with E-state index in [-0.39, 0.29) is 0 Å². The van der Waals surface area contributed by atoms with Gasteiger partial charge in [-0.1, -0.05) is 29.8 Å². The number of imidazole rings is 1. The van der Waals surface area contributed by atoms with Crippen molar-refractivity contribution in [1.82, 2.24) is 20.2 Å². The van der Waals surface area contributed by atoms with Crippen molar-refractivity contribution in [3.63, 3.8) is 0 Å². The fraction of sp³-hybridized carbons (Fsp3) is 0.375. The largest absolute Gasteiger partial charge is 0.356 e. The standard InChI is InChI=1S/C16H22ClN5/c1-18-16(20-8-4-11-22-12-10-19-13-22)21-9-7-14-5-2-3-6-15(14)17/h2-3,5-6,10,12-13H,4,7-9,11H2,1H3,(H2,18,20,21). The minimum absolute atomic E-state index is 0.797. The Hall–Kier alpha value is -2.01. The van der Waals surface area contributed by atoms with E-state index in [2.05, 4.69) is 25.2 Å². The van der Waals surface area contributed by atoms with Gasteiger partial charge in [0, 0.05) is 44.1 Å². The van der Waals surface area contributed by atoms with Gasteiger partial charge in [0.25, 0.3) is 0 Å². The zero-order valence-corrected chi connectivity index (χ0v) is 13.6. The molecule has 0 saturated heterocycles. The average molecular weight is 320 g/mol. The molecule has 2 N–H and O–H groups in total. The number of benzene rings is 1. The first-order valence-electron chi connectivity index (χ1n) is 7.43. The summed E-state index contributed by atoms with van der Waals surface area (Å²) in [6.45, 7) is 2.61. The lowest BCUT2D eigenvalue weighted by molar-refractivity contribution is 0.624. The van der Waals surface area contributed by atoms with Crippen LogP contribution in [-0.2, 0) is 13.0 Å². The summed E-state index contributed by atoms with van der Waals surface area (Å²) >= 11 is 6.14. The third-order valence-electron chi connectivity index (χ3n) is 3.31. The molecule has 0 aliphatic carbocycles. The van der Waals surface area contributed by atoms with Crippen LogP contribution >= 0.6 is 11.6 Å². The number of aromatic nitrogens is 2. The Balaban J connectivity index is 1.64. The summed E-state index contributed by atoms with van der Waals surface area (Å²) in [6.07, 6.45) is 7.48. The van der Waals surface area contributed by atoms with Crippen LogP contribution in [-0.4, -0.2) is 35.6 Å². The van der Waals surface area contributed by atoms with Crippen molar-refractivity contribution in [3.05, 3.63) is 53.6 Å². The SMILES string of the molecule is CN=C(NCCCn1ccnc1)NCCc1ccccc1Cl. The molecule has 0 unspecified atom stereocenters. The number of nitrogens with zero attached hydrogens (tertiary/aromatic N) is 3. The number of hydrogen-bond donors (Lipinski definition) is 2. The number of hydrogen-bond acceptors (Lipinski definition) is 2. The molecule has 0 aliphatic rings. The Labute approximate surface area is 136 Å². The Kier molecular flexibility index (Phi) is 6.77. The zero-order valence-electron chi connectivity index (χ0n) is 12.8. The van der Waals surface area contributed by atoms with Crippen LogP contribution in [0.15, 0.2) is 48.0 Å².